The van der Waals surface area contributed by atoms with Crippen molar-refractivity contribution >= 4 is 5.78 Å². The van der Waals surface area contributed by atoms with Gasteiger partial charge in [0.15, 0.2) is 5.78 Å². The number of allylic oxidation sites excluding steroid dienone is 1. The second kappa shape index (κ2) is 19.6. The van der Waals surface area contributed by atoms with Crippen molar-refractivity contribution < 1.29 is 24.0 Å². The summed E-state index contributed by atoms with van der Waals surface area (Å²) >= 11 is 0. The maximum atomic E-state index is 13.4. The Labute approximate surface area is 264 Å². The highest BCUT2D eigenvalue weighted by molar-refractivity contribution is 5.99. The van der Waals surface area contributed by atoms with Crippen LogP contribution in [0, 0.1) is 23.7 Å². The van der Waals surface area contributed by atoms with E-state index in [0.717, 1.165) is 57.3 Å². The quantitative estimate of drug-likeness (QED) is 0.332. The number of likely N-dealkylation sites (N-methyl/N-ethyl adjacent to an activating group) is 1. The number of hydrogen-bond acceptors (Lipinski definition) is 7. The largest absolute Gasteiger partial charge is 0.380 e. The van der Waals surface area contributed by atoms with E-state index in [1.807, 2.05) is 20.8 Å². The molecule has 43 heavy (non-hydrogen) atoms. The molecular formula is C36H68N2O5. The molecule has 3 saturated heterocycles. The van der Waals surface area contributed by atoms with Crippen LogP contribution in [0.2, 0.25) is 0 Å². The Balaban J connectivity index is 0.000000333. The van der Waals surface area contributed by atoms with Crippen LogP contribution in [0.5, 0.6) is 0 Å². The average Bonchev–Trinajstić information content (AvgIpc) is 3.59. The Morgan fingerprint density at radius 1 is 0.953 bits per heavy atom. The number of unbranched alkanes of at least 4 members (excludes halogenated alkanes) is 2. The van der Waals surface area contributed by atoms with Crippen LogP contribution in [-0.2, 0) is 24.0 Å². The van der Waals surface area contributed by atoms with Crippen LogP contribution in [0.25, 0.3) is 0 Å². The third-order valence-corrected chi connectivity index (χ3v) is 10.1. The molecule has 1 saturated carbocycles. The Morgan fingerprint density at radius 3 is 2.23 bits per heavy atom. The highest BCUT2D eigenvalue weighted by Crippen LogP contribution is 2.53. The summed E-state index contributed by atoms with van der Waals surface area (Å²) < 4.78 is 11.7. The van der Waals surface area contributed by atoms with Crippen LogP contribution < -0.4 is 5.73 Å². The minimum Gasteiger partial charge on any atom is -0.380 e. The van der Waals surface area contributed by atoms with Gasteiger partial charge in [-0.25, -0.2) is 9.78 Å². The number of ether oxygens (including phenoxy) is 2. The van der Waals surface area contributed by atoms with E-state index in [1.54, 1.807) is 0 Å². The minimum atomic E-state index is -0.831. The lowest BCUT2D eigenvalue weighted by atomic mass is 9.69. The van der Waals surface area contributed by atoms with Gasteiger partial charge in [-0.05, 0) is 78.3 Å². The van der Waals surface area contributed by atoms with E-state index < -0.39 is 5.54 Å². The average molecular weight is 609 g/mol. The molecule has 0 aromatic carbocycles. The second-order valence-electron chi connectivity index (χ2n) is 13.6. The van der Waals surface area contributed by atoms with Crippen molar-refractivity contribution in [2.24, 2.45) is 29.4 Å². The van der Waals surface area contributed by atoms with Gasteiger partial charge in [-0.1, -0.05) is 79.2 Å². The number of hydrogen-bond donors (Lipinski definition) is 1. The highest BCUT2D eigenvalue weighted by Gasteiger charge is 2.59. The first-order valence-corrected chi connectivity index (χ1v) is 17.9. The summed E-state index contributed by atoms with van der Waals surface area (Å²) in [5.74, 6) is 1.06. The first-order valence-electron chi connectivity index (χ1n) is 17.9. The first-order chi connectivity index (χ1) is 20.6. The fourth-order valence-corrected chi connectivity index (χ4v) is 7.56. The summed E-state index contributed by atoms with van der Waals surface area (Å²) in [5.41, 5.74) is 6.93. The molecule has 2 N–H and O–H groups in total. The molecule has 0 spiro atoms. The molecular weight excluding hydrogens is 540 g/mol. The first kappa shape index (κ1) is 38.4. The van der Waals surface area contributed by atoms with Gasteiger partial charge < -0.3 is 20.1 Å². The number of nitrogens with two attached hydrogens (primary N) is 1. The molecule has 3 heterocycles. The van der Waals surface area contributed by atoms with Crippen molar-refractivity contribution in [3.8, 4) is 0 Å². The SMILES string of the molecule is CC.CC1CCCCC(C)C(=O)C2=CC3C4CCCC4OC(C)C3C2(N)COO1.CCCCC.CN(C)C1CCCOC1. The molecule has 3 aliphatic heterocycles. The monoisotopic (exact) mass is 609 g/mol. The van der Waals surface area contributed by atoms with Gasteiger partial charge in [-0.3, -0.25) is 4.79 Å². The van der Waals surface area contributed by atoms with E-state index in [2.05, 4.69) is 52.8 Å². The molecule has 2 aliphatic carbocycles. The summed E-state index contributed by atoms with van der Waals surface area (Å²) in [6, 6.07) is 0.666. The Morgan fingerprint density at radius 2 is 1.65 bits per heavy atom. The molecule has 7 nitrogen and oxygen atoms in total. The maximum Gasteiger partial charge on any atom is 0.163 e. The zero-order valence-electron chi connectivity index (χ0n) is 29.4. The van der Waals surface area contributed by atoms with E-state index in [0.29, 0.717) is 24.0 Å². The summed E-state index contributed by atoms with van der Waals surface area (Å²) in [7, 11) is 4.22. The molecule has 0 aromatic rings. The van der Waals surface area contributed by atoms with Crippen LogP contribution in [-0.4, -0.2) is 74.5 Å². The molecule has 0 amide bonds. The molecule has 5 aliphatic rings. The zero-order valence-corrected chi connectivity index (χ0v) is 29.4. The van der Waals surface area contributed by atoms with Crippen molar-refractivity contribution in [3.63, 3.8) is 0 Å². The van der Waals surface area contributed by atoms with Crippen molar-refractivity contribution in [3.05, 3.63) is 11.6 Å². The van der Waals surface area contributed by atoms with Crippen LogP contribution in [0.3, 0.4) is 0 Å². The number of Topliss-reactive ketones (excluding diaryl/α,β-unsaturated/α-hetero) is 1. The Kier molecular flexibility index (Phi) is 17.5. The van der Waals surface area contributed by atoms with Crippen LogP contribution >= 0.6 is 0 Å². The number of carbonyl (C=O) groups is 1. The van der Waals surface area contributed by atoms with Crippen LogP contribution in [0.1, 0.15) is 126 Å². The Hall–Kier alpha value is -0.830. The van der Waals surface area contributed by atoms with Crippen LogP contribution in [0.4, 0.5) is 0 Å². The summed E-state index contributed by atoms with van der Waals surface area (Å²) in [4.78, 5) is 26.9. The summed E-state index contributed by atoms with van der Waals surface area (Å²) in [5, 5.41) is 0. The number of nitrogens with zero attached hydrogens (tertiary/aromatic N) is 1. The lowest BCUT2D eigenvalue weighted by molar-refractivity contribution is -0.331. The van der Waals surface area contributed by atoms with Gasteiger partial charge in [0.1, 0.15) is 6.61 Å². The lowest BCUT2D eigenvalue weighted by Gasteiger charge is -2.46. The minimum absolute atomic E-state index is 0.00517. The van der Waals surface area contributed by atoms with Gasteiger partial charge in [0.2, 0.25) is 0 Å². The summed E-state index contributed by atoms with van der Waals surface area (Å²) in [6.45, 7) is 16.7. The van der Waals surface area contributed by atoms with E-state index in [1.165, 1.54) is 38.5 Å². The highest BCUT2D eigenvalue weighted by atomic mass is 17.2. The van der Waals surface area contributed by atoms with Gasteiger partial charge in [0.25, 0.3) is 0 Å². The molecule has 7 heteroatoms. The van der Waals surface area contributed by atoms with Crippen molar-refractivity contribution in [2.45, 2.75) is 155 Å². The molecule has 4 fully saturated rings. The van der Waals surface area contributed by atoms with E-state index in [9.17, 15) is 4.79 Å². The smallest absolute Gasteiger partial charge is 0.163 e. The van der Waals surface area contributed by atoms with E-state index >= 15 is 0 Å². The van der Waals surface area contributed by atoms with Crippen molar-refractivity contribution in [1.82, 2.24) is 4.90 Å². The molecule has 5 rings (SSSR count). The van der Waals surface area contributed by atoms with Gasteiger partial charge in [-0.15, -0.1) is 0 Å². The Bertz CT molecular complexity index is 811. The molecule has 0 aromatic heterocycles. The van der Waals surface area contributed by atoms with Gasteiger partial charge in [-0.2, -0.15) is 0 Å². The molecule has 9 unspecified atom stereocenters. The van der Waals surface area contributed by atoms with Crippen LogP contribution in [0.15, 0.2) is 11.6 Å². The number of ketones is 1. The predicted molar refractivity (Wildman–Crippen MR) is 177 cm³/mol. The van der Waals surface area contributed by atoms with Gasteiger partial charge >= 0.3 is 0 Å². The molecule has 252 valence electrons. The number of carbonyl (C=O) groups excluding carboxylic acids is 1. The fraction of sp³-hybridized carbons (Fsp3) is 0.917. The number of rotatable bonds is 3. The third kappa shape index (κ3) is 10.6. The van der Waals surface area contributed by atoms with E-state index in [4.69, 9.17) is 25.0 Å². The predicted octanol–water partition coefficient (Wildman–Crippen LogP) is 7.51. The standard InChI is InChI=1S/C22H35NO4.C7H15NO.C5H12.C2H6/c1-13-7-4-5-8-14(2)27-25-12-22(23)18(21(13)24)11-17-16-9-6-10-19(16)26-15(3)20(17)22;1-8(2)7-4-3-5-9-6-7;1-3-5-4-2;1-2/h11,13-17,19-20H,4-10,12,23H2,1-3H3;7H,3-6H2,1-2H3;3-5H2,1-2H3;1-2H3. The normalized spacial score (nSPS) is 37.7. The molecule has 9 atom stereocenters. The fourth-order valence-electron chi connectivity index (χ4n) is 7.56. The summed E-state index contributed by atoms with van der Waals surface area (Å²) in [6.07, 6.45) is 16.6. The van der Waals surface area contributed by atoms with Gasteiger partial charge in [0, 0.05) is 30.1 Å². The molecule has 0 bridgehead atoms. The van der Waals surface area contributed by atoms with Gasteiger partial charge in [0.05, 0.1) is 30.5 Å². The van der Waals surface area contributed by atoms with Crippen molar-refractivity contribution in [2.75, 3.05) is 33.9 Å². The second-order valence-corrected chi connectivity index (χ2v) is 13.6. The third-order valence-electron chi connectivity index (χ3n) is 10.1. The van der Waals surface area contributed by atoms with Crippen molar-refractivity contribution in [1.29, 1.82) is 0 Å². The maximum absolute atomic E-state index is 13.4. The van der Waals surface area contributed by atoms with E-state index in [-0.39, 0.29) is 36.4 Å². The topological polar surface area (TPSA) is 83.2 Å². The molecule has 0 radical (unpaired) electrons. The lowest BCUT2D eigenvalue weighted by Crippen LogP contribution is -2.60. The number of fused-ring (bicyclic) bond motifs is 5. The zero-order chi connectivity index (χ0) is 32.0.